The molecule has 154 valence electrons. The first kappa shape index (κ1) is 21.5. The van der Waals surface area contributed by atoms with Crippen molar-refractivity contribution < 1.29 is 22.7 Å². The van der Waals surface area contributed by atoms with Crippen LogP contribution in [0.25, 0.3) is 0 Å². The Morgan fingerprint density at radius 1 is 1.14 bits per heavy atom. The normalized spacial score (nSPS) is 15.2. The average molecular weight is 445 g/mol. The Morgan fingerprint density at radius 3 is 2.45 bits per heavy atom. The van der Waals surface area contributed by atoms with Crippen molar-refractivity contribution >= 4 is 35.0 Å². The lowest BCUT2D eigenvalue weighted by Gasteiger charge is -2.37. The molecule has 0 radical (unpaired) electrons. The second-order valence-corrected chi connectivity index (χ2v) is 7.47. The van der Waals surface area contributed by atoms with Crippen molar-refractivity contribution in [2.24, 2.45) is 10.9 Å². The van der Waals surface area contributed by atoms with Crippen LogP contribution in [-0.4, -0.2) is 42.5 Å². The van der Waals surface area contributed by atoms with Gasteiger partial charge in [-0.05, 0) is 23.8 Å². The van der Waals surface area contributed by atoms with E-state index in [-0.39, 0.29) is 47.8 Å². The number of carbonyl (C=O) groups is 1. The molecule has 0 spiro atoms. The number of amides is 1. The predicted molar refractivity (Wildman–Crippen MR) is 106 cm³/mol. The zero-order valence-corrected chi connectivity index (χ0v) is 16.6. The molecule has 0 N–H and O–H groups in total. The van der Waals surface area contributed by atoms with E-state index in [4.69, 9.17) is 27.9 Å². The third kappa shape index (κ3) is 5.64. The SMILES string of the molecule is O=C(OCc1ccccc1)N1CC(C/N=C(/c2ccc(Cl)cc2Cl)C(F)(F)F)C1. The molecule has 0 bridgehead atoms. The number of alkyl halides is 3. The Morgan fingerprint density at radius 2 is 1.83 bits per heavy atom. The number of halogens is 5. The van der Waals surface area contributed by atoms with Gasteiger partial charge in [-0.1, -0.05) is 53.5 Å². The van der Waals surface area contributed by atoms with Gasteiger partial charge in [-0.3, -0.25) is 4.99 Å². The van der Waals surface area contributed by atoms with Crippen molar-refractivity contribution in [3.05, 3.63) is 69.7 Å². The Kier molecular flexibility index (Phi) is 6.70. The first-order valence-corrected chi connectivity index (χ1v) is 9.52. The fourth-order valence-corrected chi connectivity index (χ4v) is 3.37. The van der Waals surface area contributed by atoms with E-state index in [9.17, 15) is 18.0 Å². The molecule has 4 nitrogen and oxygen atoms in total. The van der Waals surface area contributed by atoms with Gasteiger partial charge in [0.15, 0.2) is 0 Å². The van der Waals surface area contributed by atoms with Gasteiger partial charge in [0, 0.05) is 36.1 Å². The molecule has 2 aromatic carbocycles. The smallest absolute Gasteiger partial charge is 0.433 e. The van der Waals surface area contributed by atoms with Crippen LogP contribution in [0, 0.1) is 5.92 Å². The Labute approximate surface area is 175 Å². The van der Waals surface area contributed by atoms with Gasteiger partial charge in [-0.15, -0.1) is 0 Å². The van der Waals surface area contributed by atoms with Crippen LogP contribution in [0.15, 0.2) is 53.5 Å². The molecular formula is C20H17Cl2F3N2O2. The molecule has 0 unspecified atom stereocenters. The van der Waals surface area contributed by atoms with E-state index in [2.05, 4.69) is 4.99 Å². The fourth-order valence-electron chi connectivity index (χ4n) is 2.87. The van der Waals surface area contributed by atoms with Gasteiger partial charge >= 0.3 is 12.3 Å². The standard InChI is InChI=1S/C20H17Cl2F3N2O2/c21-15-6-7-16(17(22)8-15)18(20(23,24)25)26-9-14-10-27(11-14)19(28)29-12-13-4-2-1-3-5-13/h1-8,14H,9-12H2/b26-18-. The van der Waals surface area contributed by atoms with Gasteiger partial charge in [-0.25, -0.2) is 4.79 Å². The van der Waals surface area contributed by atoms with Gasteiger partial charge in [0.1, 0.15) is 12.3 Å². The van der Waals surface area contributed by atoms with Crippen LogP contribution < -0.4 is 0 Å². The van der Waals surface area contributed by atoms with Crippen LogP contribution in [0.1, 0.15) is 11.1 Å². The number of rotatable bonds is 5. The summed E-state index contributed by atoms with van der Waals surface area (Å²) < 4.78 is 45.5. The summed E-state index contributed by atoms with van der Waals surface area (Å²) in [5.74, 6) is -0.178. The minimum atomic E-state index is -4.66. The molecule has 1 fully saturated rings. The largest absolute Gasteiger partial charge is 0.445 e. The molecule has 3 rings (SSSR count). The monoisotopic (exact) mass is 444 g/mol. The lowest BCUT2D eigenvalue weighted by atomic mass is 10.0. The highest BCUT2D eigenvalue weighted by molar-refractivity contribution is 6.37. The lowest BCUT2D eigenvalue weighted by Crippen LogP contribution is -2.51. The first-order chi connectivity index (χ1) is 13.7. The Hall–Kier alpha value is -2.25. The summed E-state index contributed by atoms with van der Waals surface area (Å²) in [4.78, 5) is 17.2. The maximum absolute atomic E-state index is 13.4. The molecular weight excluding hydrogens is 428 g/mol. The molecule has 0 aliphatic carbocycles. The fraction of sp³-hybridized carbons (Fsp3) is 0.300. The maximum Gasteiger partial charge on any atom is 0.433 e. The summed E-state index contributed by atoms with van der Waals surface area (Å²) >= 11 is 11.7. The topological polar surface area (TPSA) is 41.9 Å². The van der Waals surface area contributed by atoms with Crippen molar-refractivity contribution in [1.82, 2.24) is 4.90 Å². The summed E-state index contributed by atoms with van der Waals surface area (Å²) in [6.07, 6.45) is -5.15. The number of aliphatic imine (C=N–C) groups is 1. The van der Waals surface area contributed by atoms with Crippen molar-refractivity contribution in [2.75, 3.05) is 19.6 Å². The van der Waals surface area contributed by atoms with E-state index in [0.29, 0.717) is 0 Å². The highest BCUT2D eigenvalue weighted by Crippen LogP contribution is 2.30. The number of benzene rings is 2. The molecule has 0 aromatic heterocycles. The number of hydrogen-bond acceptors (Lipinski definition) is 3. The van der Waals surface area contributed by atoms with Crippen molar-refractivity contribution in [3.63, 3.8) is 0 Å². The second-order valence-electron chi connectivity index (χ2n) is 6.62. The average Bonchev–Trinajstić information content (AvgIpc) is 2.62. The molecule has 1 aliphatic rings. The Balaban J connectivity index is 1.56. The predicted octanol–water partition coefficient (Wildman–Crippen LogP) is 5.61. The molecule has 1 aliphatic heterocycles. The van der Waals surface area contributed by atoms with E-state index in [1.54, 1.807) is 0 Å². The number of nitrogens with zero attached hydrogens (tertiary/aromatic N) is 2. The summed E-state index contributed by atoms with van der Waals surface area (Å²) in [6.45, 7) is 0.649. The summed E-state index contributed by atoms with van der Waals surface area (Å²) in [5.41, 5.74) is -0.413. The van der Waals surface area contributed by atoms with Crippen molar-refractivity contribution in [1.29, 1.82) is 0 Å². The zero-order valence-electron chi connectivity index (χ0n) is 15.1. The molecule has 1 saturated heterocycles. The van der Waals surface area contributed by atoms with Gasteiger partial charge in [-0.2, -0.15) is 13.2 Å². The van der Waals surface area contributed by atoms with Crippen LogP contribution in [0.2, 0.25) is 10.0 Å². The molecule has 0 saturated carbocycles. The van der Waals surface area contributed by atoms with Crippen LogP contribution in [0.4, 0.5) is 18.0 Å². The van der Waals surface area contributed by atoms with Gasteiger partial charge in [0.25, 0.3) is 0 Å². The maximum atomic E-state index is 13.4. The van der Waals surface area contributed by atoms with Crippen LogP contribution in [0.3, 0.4) is 0 Å². The van der Waals surface area contributed by atoms with E-state index in [1.165, 1.54) is 23.1 Å². The second kappa shape index (κ2) is 9.05. The van der Waals surface area contributed by atoms with E-state index in [0.717, 1.165) is 5.56 Å². The first-order valence-electron chi connectivity index (χ1n) is 8.76. The van der Waals surface area contributed by atoms with E-state index >= 15 is 0 Å². The molecule has 0 atom stereocenters. The third-order valence-electron chi connectivity index (χ3n) is 4.38. The highest BCUT2D eigenvalue weighted by Gasteiger charge is 2.39. The molecule has 1 amide bonds. The van der Waals surface area contributed by atoms with Crippen LogP contribution >= 0.6 is 23.2 Å². The number of carbonyl (C=O) groups excluding carboxylic acids is 1. The molecule has 1 heterocycles. The number of likely N-dealkylation sites (tertiary alicyclic amines) is 1. The lowest BCUT2D eigenvalue weighted by molar-refractivity contribution is -0.0584. The quantitative estimate of drug-likeness (QED) is 0.562. The van der Waals surface area contributed by atoms with Gasteiger partial charge < -0.3 is 9.64 Å². The van der Waals surface area contributed by atoms with Crippen molar-refractivity contribution in [2.45, 2.75) is 12.8 Å². The van der Waals surface area contributed by atoms with E-state index < -0.39 is 18.0 Å². The van der Waals surface area contributed by atoms with Crippen molar-refractivity contribution in [3.8, 4) is 0 Å². The zero-order chi connectivity index (χ0) is 21.0. The van der Waals surface area contributed by atoms with Gasteiger partial charge in [0.05, 0.1) is 5.02 Å². The minimum absolute atomic E-state index is 0.0732. The van der Waals surface area contributed by atoms with Crippen LogP contribution in [-0.2, 0) is 11.3 Å². The minimum Gasteiger partial charge on any atom is -0.445 e. The number of ether oxygens (including phenoxy) is 1. The Bertz CT molecular complexity index is 898. The van der Waals surface area contributed by atoms with Gasteiger partial charge in [0.2, 0.25) is 0 Å². The molecule has 9 heteroatoms. The highest BCUT2D eigenvalue weighted by atomic mass is 35.5. The summed E-state index contributed by atoms with van der Waals surface area (Å²) in [7, 11) is 0. The third-order valence-corrected chi connectivity index (χ3v) is 4.93. The summed E-state index contributed by atoms with van der Waals surface area (Å²) in [6, 6.07) is 13.0. The summed E-state index contributed by atoms with van der Waals surface area (Å²) in [5, 5.41) is 0.122. The molecule has 2 aromatic rings. The van der Waals surface area contributed by atoms with Crippen LogP contribution in [0.5, 0.6) is 0 Å². The number of hydrogen-bond donors (Lipinski definition) is 0. The van der Waals surface area contributed by atoms with E-state index in [1.807, 2.05) is 30.3 Å². The molecule has 29 heavy (non-hydrogen) atoms.